The zero-order chi connectivity index (χ0) is 26.6. The highest BCUT2D eigenvalue weighted by Crippen LogP contribution is 2.52. The van der Waals surface area contributed by atoms with E-state index in [1.165, 1.54) is 66.4 Å². The van der Waals surface area contributed by atoms with Gasteiger partial charge in [-0.2, -0.15) is 0 Å². The van der Waals surface area contributed by atoms with Crippen molar-refractivity contribution in [2.75, 3.05) is 0 Å². The van der Waals surface area contributed by atoms with Crippen molar-refractivity contribution in [1.82, 2.24) is 0 Å². The van der Waals surface area contributed by atoms with Gasteiger partial charge in [-0.25, -0.2) is 0 Å². The summed E-state index contributed by atoms with van der Waals surface area (Å²) in [5.41, 5.74) is 14.6. The molecule has 2 aliphatic carbocycles. The smallest absolute Gasteiger partial charge is 0.0159 e. The van der Waals surface area contributed by atoms with Gasteiger partial charge in [0, 0.05) is 11.0 Å². The highest BCUT2D eigenvalue weighted by molar-refractivity contribution is 6.04. The van der Waals surface area contributed by atoms with Gasteiger partial charge in [0.05, 0.1) is 0 Å². The average molecular weight is 493 g/mol. The van der Waals surface area contributed by atoms with Gasteiger partial charge in [-0.05, 0) is 99.9 Å². The lowest BCUT2D eigenvalue weighted by Crippen LogP contribution is -2.15. The zero-order valence-corrected chi connectivity index (χ0v) is 23.3. The van der Waals surface area contributed by atoms with Crippen LogP contribution in [-0.4, -0.2) is 0 Å². The molecule has 4 aromatic carbocycles. The van der Waals surface area contributed by atoms with Crippen molar-refractivity contribution in [3.63, 3.8) is 0 Å². The van der Waals surface area contributed by atoms with Gasteiger partial charge < -0.3 is 0 Å². The van der Waals surface area contributed by atoms with E-state index in [0.717, 1.165) is 24.8 Å². The van der Waals surface area contributed by atoms with Gasteiger partial charge in [0.15, 0.2) is 0 Å². The third-order valence-corrected chi connectivity index (χ3v) is 8.84. The van der Waals surface area contributed by atoms with Crippen molar-refractivity contribution in [2.45, 2.75) is 59.3 Å². The Morgan fingerprint density at radius 2 is 1.66 bits per heavy atom. The summed E-state index contributed by atoms with van der Waals surface area (Å²) in [4.78, 5) is 0. The molecule has 0 heterocycles. The summed E-state index contributed by atoms with van der Waals surface area (Å²) >= 11 is 0. The average Bonchev–Trinajstić information content (AvgIpc) is 3.00. The summed E-state index contributed by atoms with van der Waals surface area (Å²) < 4.78 is 0. The van der Waals surface area contributed by atoms with E-state index in [-0.39, 0.29) is 5.41 Å². The van der Waals surface area contributed by atoms with E-state index in [1.54, 1.807) is 0 Å². The molecule has 1 atom stereocenters. The van der Waals surface area contributed by atoms with E-state index < -0.39 is 0 Å². The molecule has 0 aliphatic heterocycles. The highest BCUT2D eigenvalue weighted by atomic mass is 14.4. The summed E-state index contributed by atoms with van der Waals surface area (Å²) in [7, 11) is 0. The largest absolute Gasteiger partial charge is 0.115 e. The number of terminal acetylenes is 1. The molecule has 0 N–H and O–H groups in total. The lowest BCUT2D eigenvalue weighted by atomic mass is 9.80. The molecule has 1 unspecified atom stereocenters. The molecule has 0 heteroatoms. The second kappa shape index (κ2) is 9.18. The first-order valence-electron chi connectivity index (χ1n) is 13.9. The highest BCUT2D eigenvalue weighted by Gasteiger charge is 2.37. The summed E-state index contributed by atoms with van der Waals surface area (Å²) in [5.74, 6) is 3.54. The van der Waals surface area contributed by atoms with Crippen LogP contribution in [0.2, 0.25) is 0 Å². The van der Waals surface area contributed by atoms with E-state index in [0.29, 0.717) is 5.92 Å². The topological polar surface area (TPSA) is 0 Å². The molecule has 38 heavy (non-hydrogen) atoms. The minimum atomic E-state index is -0.0176. The fourth-order valence-corrected chi connectivity index (χ4v) is 6.64. The third-order valence-electron chi connectivity index (χ3n) is 8.84. The predicted molar refractivity (Wildman–Crippen MR) is 164 cm³/mol. The molecule has 0 nitrogen and oxygen atoms in total. The van der Waals surface area contributed by atoms with Gasteiger partial charge in [-0.3, -0.25) is 0 Å². The number of benzene rings is 4. The lowest BCUT2D eigenvalue weighted by molar-refractivity contribution is 0.656. The maximum absolute atomic E-state index is 5.95. The Balaban J connectivity index is 1.45. The molecule has 2 aliphatic rings. The summed E-state index contributed by atoms with van der Waals surface area (Å²) in [5, 5.41) is 2.72. The molecule has 4 aromatic rings. The Hall–Kier alpha value is -3.82. The van der Waals surface area contributed by atoms with Crippen molar-refractivity contribution < 1.29 is 0 Å². The minimum absolute atomic E-state index is 0.0176. The minimum Gasteiger partial charge on any atom is -0.115 e. The van der Waals surface area contributed by atoms with Crippen LogP contribution in [0, 0.1) is 32.1 Å². The SMILES string of the molecule is C#CC1=C(c2ccc(Cc3cc4c(c5ccccc35)-c3ccc(C)cc3C4(C)C)cc2C)C=CC(C)CC1. The van der Waals surface area contributed by atoms with Crippen LogP contribution in [0.15, 0.2) is 84.5 Å². The zero-order valence-electron chi connectivity index (χ0n) is 23.3. The first kappa shape index (κ1) is 24.5. The summed E-state index contributed by atoms with van der Waals surface area (Å²) in [6, 6.07) is 25.4. The monoisotopic (exact) mass is 492 g/mol. The molecule has 0 saturated carbocycles. The molecular weight excluding hydrogens is 456 g/mol. The maximum atomic E-state index is 5.95. The van der Waals surface area contributed by atoms with Crippen LogP contribution < -0.4 is 0 Å². The number of rotatable bonds is 3. The summed E-state index contributed by atoms with van der Waals surface area (Å²) in [6.45, 7) is 11.5. The molecule has 0 radical (unpaired) electrons. The van der Waals surface area contributed by atoms with Gasteiger partial charge in [0.25, 0.3) is 0 Å². The second-order valence-electron chi connectivity index (χ2n) is 11.9. The van der Waals surface area contributed by atoms with Gasteiger partial charge in [0.2, 0.25) is 0 Å². The van der Waals surface area contributed by atoms with Gasteiger partial charge in [0.1, 0.15) is 0 Å². The van der Waals surface area contributed by atoms with Crippen molar-refractivity contribution in [2.24, 2.45) is 5.92 Å². The van der Waals surface area contributed by atoms with Crippen LogP contribution in [0.5, 0.6) is 0 Å². The Kier molecular flexibility index (Phi) is 5.92. The third kappa shape index (κ3) is 3.93. The number of hydrogen-bond donors (Lipinski definition) is 0. The van der Waals surface area contributed by atoms with Crippen LogP contribution in [0.25, 0.3) is 27.5 Å². The molecule has 0 spiro atoms. The molecule has 188 valence electrons. The van der Waals surface area contributed by atoms with Crippen LogP contribution in [0.3, 0.4) is 0 Å². The number of allylic oxidation sites excluding steroid dienone is 4. The van der Waals surface area contributed by atoms with Crippen molar-refractivity contribution >= 4 is 16.3 Å². The van der Waals surface area contributed by atoms with Crippen LogP contribution in [0.4, 0.5) is 0 Å². The van der Waals surface area contributed by atoms with Gasteiger partial charge in [-0.1, -0.05) is 111 Å². The van der Waals surface area contributed by atoms with Crippen LogP contribution >= 0.6 is 0 Å². The molecule has 0 aromatic heterocycles. The van der Waals surface area contributed by atoms with Gasteiger partial charge >= 0.3 is 0 Å². The van der Waals surface area contributed by atoms with E-state index >= 15 is 0 Å². The number of fused-ring (bicyclic) bond motifs is 5. The Bertz CT molecular complexity index is 1700. The first-order chi connectivity index (χ1) is 18.3. The van der Waals surface area contributed by atoms with E-state index in [9.17, 15) is 0 Å². The number of aryl methyl sites for hydroxylation is 2. The van der Waals surface area contributed by atoms with Crippen LogP contribution in [-0.2, 0) is 11.8 Å². The fraction of sp³-hybridized carbons (Fsp3) is 0.263. The quantitative estimate of drug-likeness (QED) is 0.250. The van der Waals surface area contributed by atoms with E-state index in [4.69, 9.17) is 6.42 Å². The molecule has 0 saturated heterocycles. The first-order valence-corrected chi connectivity index (χ1v) is 13.9. The Morgan fingerprint density at radius 3 is 2.42 bits per heavy atom. The molecular formula is C38H36. The molecule has 0 amide bonds. The van der Waals surface area contributed by atoms with Crippen molar-refractivity contribution in [3.8, 4) is 23.5 Å². The van der Waals surface area contributed by atoms with Gasteiger partial charge in [-0.15, -0.1) is 6.42 Å². The molecule has 0 bridgehead atoms. The normalized spacial score (nSPS) is 17.7. The number of hydrogen-bond acceptors (Lipinski definition) is 0. The predicted octanol–water partition coefficient (Wildman–Crippen LogP) is 9.73. The van der Waals surface area contributed by atoms with Crippen molar-refractivity contribution in [1.29, 1.82) is 0 Å². The molecule has 6 rings (SSSR count). The second-order valence-corrected chi connectivity index (χ2v) is 11.9. The maximum Gasteiger partial charge on any atom is 0.0159 e. The lowest BCUT2D eigenvalue weighted by Gasteiger charge is -2.23. The van der Waals surface area contributed by atoms with Crippen molar-refractivity contribution in [3.05, 3.63) is 123 Å². The summed E-state index contributed by atoms with van der Waals surface area (Å²) in [6.07, 6.45) is 13.5. The molecule has 0 fully saturated rings. The Morgan fingerprint density at radius 1 is 0.895 bits per heavy atom. The Labute approximate surface area is 228 Å². The van der Waals surface area contributed by atoms with E-state index in [1.807, 2.05) is 0 Å². The fourth-order valence-electron chi connectivity index (χ4n) is 6.64. The standard InChI is InChI=1S/C38H36/c1-7-28-16-12-24(2)13-17-32(28)30-19-15-27(21-26(30)4)22-29-23-36-37(33-11-9-8-10-31(29)33)34-18-14-25(3)20-35(34)38(36,5)6/h1,8-11,13-15,17-21,23-24H,12,16,22H2,2-6H3. The van der Waals surface area contributed by atoms with Crippen LogP contribution in [0.1, 0.15) is 72.6 Å². The van der Waals surface area contributed by atoms with E-state index in [2.05, 4.69) is 119 Å².